The Morgan fingerprint density at radius 1 is 1.25 bits per heavy atom. The Labute approximate surface area is 96.2 Å². The molecule has 0 aliphatic heterocycles. The summed E-state index contributed by atoms with van der Waals surface area (Å²) >= 11 is 0. The molecule has 0 radical (unpaired) electrons. The molecule has 1 heterocycles. The van der Waals surface area contributed by atoms with Gasteiger partial charge in [-0.2, -0.15) is 0 Å². The van der Waals surface area contributed by atoms with Crippen LogP contribution < -0.4 is 10.6 Å². The fourth-order valence-electron chi connectivity index (χ4n) is 1.71. The van der Waals surface area contributed by atoms with E-state index in [9.17, 15) is 0 Å². The maximum Gasteiger partial charge on any atom is 0.0672 e. The predicted octanol–water partition coefficient (Wildman–Crippen LogP) is 1.56. The number of aryl methyl sites for hydroxylation is 1. The van der Waals surface area contributed by atoms with Crippen molar-refractivity contribution < 1.29 is 0 Å². The van der Waals surface area contributed by atoms with Gasteiger partial charge in [0.1, 0.15) is 0 Å². The molecule has 0 fully saturated rings. The summed E-state index contributed by atoms with van der Waals surface area (Å²) < 4.78 is 0. The number of aromatic nitrogens is 1. The Kier molecular flexibility index (Phi) is 3.56. The molecule has 0 unspecified atom stereocenters. The highest BCUT2D eigenvalue weighted by Crippen LogP contribution is 1.95. The summed E-state index contributed by atoms with van der Waals surface area (Å²) in [4.78, 5) is 4.65. The summed E-state index contributed by atoms with van der Waals surface area (Å²) in [6.07, 6.45) is 9.76. The molecule has 2 rings (SSSR count). The number of hydrogen-bond acceptors (Lipinski definition) is 1. The zero-order chi connectivity index (χ0) is 11.2. The summed E-state index contributed by atoms with van der Waals surface area (Å²) in [5.74, 6) is 6.20. The highest BCUT2D eigenvalue weighted by atomic mass is 14.7. The van der Waals surface area contributed by atoms with Gasteiger partial charge in [0, 0.05) is 18.5 Å². The minimum Gasteiger partial charge on any atom is -0.253 e. The van der Waals surface area contributed by atoms with E-state index < -0.39 is 0 Å². The Morgan fingerprint density at radius 3 is 2.88 bits per heavy atom. The van der Waals surface area contributed by atoms with Crippen LogP contribution in [0.3, 0.4) is 0 Å². The van der Waals surface area contributed by atoms with E-state index in [0.29, 0.717) is 0 Å². The lowest BCUT2D eigenvalue weighted by Crippen LogP contribution is -2.29. The summed E-state index contributed by atoms with van der Waals surface area (Å²) in [5.41, 5.74) is 1.14. The van der Waals surface area contributed by atoms with Gasteiger partial charge in [-0.25, -0.2) is 0 Å². The highest BCUT2D eigenvalue weighted by Gasteiger charge is 1.95. The van der Waals surface area contributed by atoms with E-state index in [-0.39, 0.29) is 0 Å². The molecule has 0 amide bonds. The Morgan fingerprint density at radius 2 is 2.06 bits per heavy atom. The number of fused-ring (bicyclic) bond motifs is 1. The molecule has 80 valence electrons. The van der Waals surface area contributed by atoms with Gasteiger partial charge >= 0.3 is 0 Å². The van der Waals surface area contributed by atoms with Crippen molar-refractivity contribution in [3.63, 3.8) is 0 Å². The van der Waals surface area contributed by atoms with E-state index in [1.165, 1.54) is 5.22 Å². The smallest absolute Gasteiger partial charge is 0.0672 e. The van der Waals surface area contributed by atoms with Crippen LogP contribution in [0.25, 0.3) is 12.2 Å². The fraction of sp³-hybridized carbons (Fsp3) is 0.267. The van der Waals surface area contributed by atoms with Crippen LogP contribution in [0.2, 0.25) is 0 Å². The summed E-state index contributed by atoms with van der Waals surface area (Å²) in [6, 6.07) is 4.24. The average molecular weight is 209 g/mol. The average Bonchev–Trinajstić information content (AvgIpc) is 2.28. The minimum atomic E-state index is 0.804. The quantitative estimate of drug-likeness (QED) is 0.544. The molecule has 1 aliphatic rings. The van der Waals surface area contributed by atoms with Gasteiger partial charge < -0.3 is 0 Å². The van der Waals surface area contributed by atoms with Gasteiger partial charge in [0.05, 0.1) is 5.35 Å². The SMILES string of the molecule is C=CCCc1ccc2c(n1)=CCC#CCC=2. The molecule has 0 saturated heterocycles. The molecule has 1 aromatic rings. The van der Waals surface area contributed by atoms with E-state index in [0.717, 1.165) is 36.7 Å². The Hall–Kier alpha value is -1.81. The van der Waals surface area contributed by atoms with Crippen molar-refractivity contribution in [2.45, 2.75) is 25.7 Å². The van der Waals surface area contributed by atoms with Crippen LogP contribution in [0.1, 0.15) is 25.0 Å². The molecule has 1 heteroatoms. The van der Waals surface area contributed by atoms with Gasteiger partial charge in [0.25, 0.3) is 0 Å². The van der Waals surface area contributed by atoms with Gasteiger partial charge in [0.15, 0.2) is 0 Å². The minimum absolute atomic E-state index is 0.804. The maximum absolute atomic E-state index is 4.65. The maximum atomic E-state index is 4.65. The number of rotatable bonds is 3. The number of hydrogen-bond donors (Lipinski definition) is 0. The first-order valence-corrected chi connectivity index (χ1v) is 5.63. The van der Waals surface area contributed by atoms with Crippen LogP contribution in [-0.4, -0.2) is 4.98 Å². The molecule has 0 aromatic carbocycles. The Bertz CT molecular complexity index is 555. The molecule has 0 saturated carbocycles. The van der Waals surface area contributed by atoms with Crippen molar-refractivity contribution in [3.05, 3.63) is 41.0 Å². The summed E-state index contributed by atoms with van der Waals surface area (Å²) in [7, 11) is 0. The molecule has 0 N–H and O–H groups in total. The first kappa shape index (κ1) is 10.7. The Balaban J connectivity index is 2.39. The van der Waals surface area contributed by atoms with Gasteiger partial charge in [-0.05, 0) is 30.2 Å². The lowest BCUT2D eigenvalue weighted by atomic mass is 10.1. The molecule has 1 aromatic heterocycles. The molecule has 0 spiro atoms. The molecular weight excluding hydrogens is 194 g/mol. The van der Waals surface area contributed by atoms with E-state index in [4.69, 9.17) is 0 Å². The fourth-order valence-corrected chi connectivity index (χ4v) is 1.71. The highest BCUT2D eigenvalue weighted by molar-refractivity contribution is 5.37. The number of allylic oxidation sites excluding steroid dienone is 1. The number of nitrogens with zero attached hydrogens (tertiary/aromatic N) is 1. The van der Waals surface area contributed by atoms with Gasteiger partial charge in [-0.3, -0.25) is 4.98 Å². The van der Waals surface area contributed by atoms with Crippen molar-refractivity contribution in [1.82, 2.24) is 4.98 Å². The van der Waals surface area contributed by atoms with E-state index in [2.05, 4.69) is 47.7 Å². The van der Waals surface area contributed by atoms with Crippen molar-refractivity contribution in [2.24, 2.45) is 0 Å². The molecule has 0 bridgehead atoms. The van der Waals surface area contributed by atoms with Gasteiger partial charge in [-0.1, -0.05) is 30.1 Å². The van der Waals surface area contributed by atoms with Crippen molar-refractivity contribution in [1.29, 1.82) is 0 Å². The van der Waals surface area contributed by atoms with Gasteiger partial charge in [-0.15, -0.1) is 6.58 Å². The second-order valence-electron chi connectivity index (χ2n) is 3.77. The zero-order valence-corrected chi connectivity index (χ0v) is 9.37. The monoisotopic (exact) mass is 209 g/mol. The van der Waals surface area contributed by atoms with Crippen LogP contribution in [0.5, 0.6) is 0 Å². The van der Waals surface area contributed by atoms with Crippen LogP contribution in [-0.2, 0) is 6.42 Å². The summed E-state index contributed by atoms with van der Waals surface area (Å²) in [5, 5.41) is 2.28. The van der Waals surface area contributed by atoms with E-state index in [1.54, 1.807) is 0 Å². The molecular formula is C15H15N. The molecule has 0 atom stereocenters. The van der Waals surface area contributed by atoms with Crippen LogP contribution in [0.15, 0.2) is 24.8 Å². The first-order valence-electron chi connectivity index (χ1n) is 5.63. The van der Waals surface area contributed by atoms with Crippen molar-refractivity contribution in [3.8, 4) is 11.8 Å². The third-order valence-electron chi connectivity index (χ3n) is 2.57. The molecule has 16 heavy (non-hydrogen) atoms. The normalized spacial score (nSPS) is 13.0. The molecule has 1 aliphatic carbocycles. The number of pyridine rings is 1. The first-order chi connectivity index (χ1) is 7.90. The second kappa shape index (κ2) is 5.32. The molecule has 1 nitrogen and oxygen atoms in total. The lowest BCUT2D eigenvalue weighted by molar-refractivity contribution is 0.929. The van der Waals surface area contributed by atoms with Gasteiger partial charge in [0.2, 0.25) is 0 Å². The third kappa shape index (κ3) is 2.61. The van der Waals surface area contributed by atoms with E-state index in [1.807, 2.05) is 6.08 Å². The van der Waals surface area contributed by atoms with E-state index >= 15 is 0 Å². The zero-order valence-electron chi connectivity index (χ0n) is 9.37. The largest absolute Gasteiger partial charge is 0.253 e. The van der Waals surface area contributed by atoms with Crippen LogP contribution in [0, 0.1) is 11.8 Å². The van der Waals surface area contributed by atoms with Crippen LogP contribution in [0.4, 0.5) is 0 Å². The second-order valence-corrected chi connectivity index (χ2v) is 3.77. The summed E-state index contributed by atoms with van der Waals surface area (Å²) in [6.45, 7) is 3.73. The van der Waals surface area contributed by atoms with Crippen LogP contribution >= 0.6 is 0 Å². The standard InChI is InChI=1S/C15H15N/c1-2-3-9-14-12-11-13-8-6-4-5-7-10-15(13)16-14/h2,8,10-12H,1,3,6-7,9H2. The predicted molar refractivity (Wildman–Crippen MR) is 67.9 cm³/mol. The van der Waals surface area contributed by atoms with Crippen molar-refractivity contribution in [2.75, 3.05) is 0 Å². The topological polar surface area (TPSA) is 12.9 Å². The third-order valence-corrected chi connectivity index (χ3v) is 2.57. The van der Waals surface area contributed by atoms with Crippen molar-refractivity contribution >= 4 is 12.2 Å². The lowest BCUT2D eigenvalue weighted by Gasteiger charge is -1.99.